The predicted molar refractivity (Wildman–Crippen MR) is 74.3 cm³/mol. The Hall–Kier alpha value is -2.11. The fourth-order valence-electron chi connectivity index (χ4n) is 2.60. The first-order valence-corrected chi connectivity index (χ1v) is 7.07. The Morgan fingerprint density at radius 1 is 1.55 bits per heavy atom. The molecule has 6 nitrogen and oxygen atoms in total. The molecule has 20 heavy (non-hydrogen) atoms. The van der Waals surface area contributed by atoms with Crippen molar-refractivity contribution in [2.24, 2.45) is 5.92 Å². The molecular formula is C14H19N5O. The first kappa shape index (κ1) is 12.9. The Labute approximate surface area is 117 Å². The van der Waals surface area contributed by atoms with Gasteiger partial charge in [-0.15, -0.1) is 0 Å². The number of fused-ring (bicyclic) bond motifs is 1. The molecule has 0 aromatic carbocycles. The third kappa shape index (κ3) is 2.59. The quantitative estimate of drug-likeness (QED) is 0.907. The SMILES string of the molecule is CCn1cc(C(=O)NCC2CCc3nccn3C2)cn1. The zero-order valence-corrected chi connectivity index (χ0v) is 11.6. The molecule has 0 radical (unpaired) electrons. The van der Waals surface area contributed by atoms with E-state index in [4.69, 9.17) is 0 Å². The van der Waals surface area contributed by atoms with Crippen LogP contribution in [0, 0.1) is 5.92 Å². The summed E-state index contributed by atoms with van der Waals surface area (Å²) in [6.07, 6.45) is 9.31. The number of aromatic nitrogens is 4. The number of amides is 1. The number of nitrogens with one attached hydrogen (secondary N) is 1. The average Bonchev–Trinajstić information content (AvgIpc) is 3.12. The Morgan fingerprint density at radius 2 is 2.45 bits per heavy atom. The summed E-state index contributed by atoms with van der Waals surface area (Å²) in [4.78, 5) is 16.3. The largest absolute Gasteiger partial charge is 0.352 e. The topological polar surface area (TPSA) is 64.7 Å². The molecule has 106 valence electrons. The monoisotopic (exact) mass is 273 g/mol. The molecule has 1 aliphatic rings. The summed E-state index contributed by atoms with van der Waals surface area (Å²) in [6, 6.07) is 0. The van der Waals surface area contributed by atoms with E-state index in [1.54, 1.807) is 17.1 Å². The maximum atomic E-state index is 12.0. The summed E-state index contributed by atoms with van der Waals surface area (Å²) in [5.41, 5.74) is 0.631. The summed E-state index contributed by atoms with van der Waals surface area (Å²) in [5, 5.41) is 7.12. The molecule has 0 fully saturated rings. The number of carbonyl (C=O) groups excluding carboxylic acids is 1. The van der Waals surface area contributed by atoms with Gasteiger partial charge in [-0.2, -0.15) is 5.10 Å². The van der Waals surface area contributed by atoms with Crippen LogP contribution in [0.3, 0.4) is 0 Å². The summed E-state index contributed by atoms with van der Waals surface area (Å²) in [6.45, 7) is 4.41. The molecule has 0 saturated heterocycles. The first-order chi connectivity index (χ1) is 9.76. The van der Waals surface area contributed by atoms with Crippen molar-refractivity contribution in [1.82, 2.24) is 24.6 Å². The highest BCUT2D eigenvalue weighted by Gasteiger charge is 2.19. The minimum absolute atomic E-state index is 0.0406. The number of carbonyl (C=O) groups is 1. The van der Waals surface area contributed by atoms with Gasteiger partial charge in [-0.05, 0) is 19.3 Å². The van der Waals surface area contributed by atoms with Gasteiger partial charge in [0.1, 0.15) is 5.82 Å². The van der Waals surface area contributed by atoms with Crippen molar-refractivity contribution in [3.05, 3.63) is 36.2 Å². The van der Waals surface area contributed by atoms with Crippen molar-refractivity contribution in [3.8, 4) is 0 Å². The van der Waals surface area contributed by atoms with Crippen LogP contribution in [0.15, 0.2) is 24.8 Å². The zero-order valence-electron chi connectivity index (χ0n) is 11.6. The standard InChI is InChI=1S/C14H19N5O/c1-2-19-10-12(8-17-19)14(20)16-7-11-3-4-13-15-5-6-18(13)9-11/h5-6,8,10-11H,2-4,7,9H2,1H3,(H,16,20). The molecule has 2 aromatic heterocycles. The highest BCUT2D eigenvalue weighted by atomic mass is 16.1. The van der Waals surface area contributed by atoms with E-state index in [1.165, 1.54) is 0 Å². The zero-order chi connectivity index (χ0) is 13.9. The molecule has 1 N–H and O–H groups in total. The van der Waals surface area contributed by atoms with Gasteiger partial charge in [0.15, 0.2) is 0 Å². The van der Waals surface area contributed by atoms with Crippen LogP contribution >= 0.6 is 0 Å². The fraction of sp³-hybridized carbons (Fsp3) is 0.500. The number of rotatable bonds is 4. The molecule has 3 heterocycles. The van der Waals surface area contributed by atoms with Crippen LogP contribution in [-0.2, 0) is 19.5 Å². The van der Waals surface area contributed by atoms with Crippen molar-refractivity contribution in [2.75, 3.05) is 6.54 Å². The van der Waals surface area contributed by atoms with E-state index in [1.807, 2.05) is 19.3 Å². The van der Waals surface area contributed by atoms with E-state index in [2.05, 4.69) is 20.0 Å². The number of hydrogen-bond acceptors (Lipinski definition) is 3. The van der Waals surface area contributed by atoms with Crippen LogP contribution in [0.1, 0.15) is 29.5 Å². The number of aryl methyl sites for hydroxylation is 2. The maximum absolute atomic E-state index is 12.0. The van der Waals surface area contributed by atoms with Gasteiger partial charge in [-0.3, -0.25) is 9.48 Å². The van der Waals surface area contributed by atoms with Crippen LogP contribution in [0.4, 0.5) is 0 Å². The molecule has 1 unspecified atom stereocenters. The average molecular weight is 273 g/mol. The summed E-state index contributed by atoms with van der Waals surface area (Å²) < 4.78 is 3.93. The molecule has 0 bridgehead atoms. The predicted octanol–water partition coefficient (Wildman–Crippen LogP) is 1.09. The molecule has 0 aliphatic carbocycles. The van der Waals surface area contributed by atoms with E-state index >= 15 is 0 Å². The molecule has 1 aliphatic heterocycles. The van der Waals surface area contributed by atoms with Crippen LogP contribution in [-0.4, -0.2) is 31.8 Å². The molecular weight excluding hydrogens is 254 g/mol. The lowest BCUT2D eigenvalue weighted by Crippen LogP contribution is -2.33. The second-order valence-electron chi connectivity index (χ2n) is 5.20. The summed E-state index contributed by atoms with van der Waals surface area (Å²) >= 11 is 0. The van der Waals surface area contributed by atoms with Crippen LogP contribution in [0.5, 0.6) is 0 Å². The van der Waals surface area contributed by atoms with Gasteiger partial charge in [-0.25, -0.2) is 4.98 Å². The Bertz CT molecular complexity index is 600. The molecule has 6 heteroatoms. The van der Waals surface area contributed by atoms with Crippen molar-refractivity contribution in [1.29, 1.82) is 0 Å². The normalized spacial score (nSPS) is 17.8. The van der Waals surface area contributed by atoms with Crippen LogP contribution in [0.2, 0.25) is 0 Å². The maximum Gasteiger partial charge on any atom is 0.254 e. The Morgan fingerprint density at radius 3 is 3.25 bits per heavy atom. The van der Waals surface area contributed by atoms with Gasteiger partial charge in [0.05, 0.1) is 11.8 Å². The van der Waals surface area contributed by atoms with Gasteiger partial charge in [0.2, 0.25) is 0 Å². The van der Waals surface area contributed by atoms with Crippen molar-refractivity contribution in [3.63, 3.8) is 0 Å². The first-order valence-electron chi connectivity index (χ1n) is 7.07. The van der Waals surface area contributed by atoms with E-state index < -0.39 is 0 Å². The molecule has 0 spiro atoms. The van der Waals surface area contributed by atoms with Gasteiger partial charge in [0.25, 0.3) is 5.91 Å². The lowest BCUT2D eigenvalue weighted by Gasteiger charge is -2.23. The number of imidazole rings is 1. The van der Waals surface area contributed by atoms with Gasteiger partial charge >= 0.3 is 0 Å². The van der Waals surface area contributed by atoms with Crippen molar-refractivity contribution in [2.45, 2.75) is 32.9 Å². The second kappa shape index (κ2) is 5.48. The van der Waals surface area contributed by atoms with Crippen molar-refractivity contribution < 1.29 is 4.79 Å². The van der Waals surface area contributed by atoms with Crippen LogP contribution in [0.25, 0.3) is 0 Å². The Balaban J connectivity index is 1.54. The van der Waals surface area contributed by atoms with Gasteiger partial charge in [0, 0.05) is 44.6 Å². The molecule has 0 saturated carbocycles. The number of nitrogens with zero attached hydrogens (tertiary/aromatic N) is 4. The third-order valence-corrected chi connectivity index (χ3v) is 3.80. The summed E-state index contributed by atoms with van der Waals surface area (Å²) in [5.74, 6) is 1.58. The van der Waals surface area contributed by atoms with E-state index in [0.717, 1.165) is 31.8 Å². The highest BCUT2D eigenvalue weighted by Crippen LogP contribution is 2.18. The molecule has 2 aromatic rings. The lowest BCUT2D eigenvalue weighted by atomic mass is 9.99. The van der Waals surface area contributed by atoms with Crippen LogP contribution < -0.4 is 5.32 Å². The van der Waals surface area contributed by atoms with E-state index in [-0.39, 0.29) is 5.91 Å². The molecule has 3 rings (SSSR count). The fourth-order valence-corrected chi connectivity index (χ4v) is 2.60. The lowest BCUT2D eigenvalue weighted by molar-refractivity contribution is 0.0943. The minimum Gasteiger partial charge on any atom is -0.352 e. The van der Waals surface area contributed by atoms with Gasteiger partial charge in [-0.1, -0.05) is 0 Å². The third-order valence-electron chi connectivity index (χ3n) is 3.80. The molecule has 1 atom stereocenters. The molecule has 1 amide bonds. The van der Waals surface area contributed by atoms with Crippen molar-refractivity contribution >= 4 is 5.91 Å². The second-order valence-corrected chi connectivity index (χ2v) is 5.20. The highest BCUT2D eigenvalue weighted by molar-refractivity contribution is 5.93. The van der Waals surface area contributed by atoms with E-state index in [9.17, 15) is 4.79 Å². The Kier molecular flexibility index (Phi) is 3.54. The summed E-state index contributed by atoms with van der Waals surface area (Å²) in [7, 11) is 0. The smallest absolute Gasteiger partial charge is 0.254 e. The van der Waals surface area contributed by atoms with Gasteiger partial charge < -0.3 is 9.88 Å². The minimum atomic E-state index is -0.0406. The number of hydrogen-bond donors (Lipinski definition) is 1. The van der Waals surface area contributed by atoms with E-state index in [0.29, 0.717) is 18.0 Å².